The zero-order valence-electron chi connectivity index (χ0n) is 11.9. The van der Waals surface area contributed by atoms with Crippen LogP contribution in [0.3, 0.4) is 0 Å². The van der Waals surface area contributed by atoms with Crippen molar-refractivity contribution in [2.45, 2.75) is 32.5 Å². The molecule has 2 unspecified atom stereocenters. The number of rotatable bonds is 3. The fourth-order valence-corrected chi connectivity index (χ4v) is 2.01. The van der Waals surface area contributed by atoms with E-state index in [1.54, 1.807) is 17.9 Å². The molecule has 1 aliphatic heterocycles. The Balaban J connectivity index is 0.000000219. The predicted molar refractivity (Wildman–Crippen MR) is 81.9 cm³/mol. The molecule has 2 N–H and O–H groups in total. The zero-order valence-corrected chi connectivity index (χ0v) is 13.4. The molecule has 0 radical (unpaired) electrons. The number of nitrogens with zero attached hydrogens (tertiary/aromatic N) is 1. The zero-order chi connectivity index (χ0) is 16.0. The number of hydrogen-bond donors (Lipinski definition) is 2. The number of hydrogen-bond acceptors (Lipinski definition) is 4. The fourth-order valence-electron chi connectivity index (χ4n) is 1.72. The van der Waals surface area contributed by atoms with Crippen LogP contribution in [0.15, 0.2) is 18.2 Å². The van der Waals surface area contributed by atoms with Gasteiger partial charge in [0, 0.05) is 6.54 Å². The van der Waals surface area contributed by atoms with Crippen molar-refractivity contribution in [3.8, 4) is 5.75 Å². The Morgan fingerprint density at radius 1 is 1.43 bits per heavy atom. The van der Waals surface area contributed by atoms with Crippen LogP contribution in [0.25, 0.3) is 0 Å². The minimum absolute atomic E-state index is 0.129. The van der Waals surface area contributed by atoms with Crippen molar-refractivity contribution in [3.63, 3.8) is 0 Å². The molecule has 5 nitrogen and oxygen atoms in total. The van der Waals surface area contributed by atoms with Crippen molar-refractivity contribution >= 4 is 29.3 Å². The van der Waals surface area contributed by atoms with Gasteiger partial charge in [-0.15, -0.1) is 0 Å². The van der Waals surface area contributed by atoms with Gasteiger partial charge in [0.05, 0.1) is 22.7 Å². The van der Waals surface area contributed by atoms with Crippen LogP contribution in [0.2, 0.25) is 10.0 Å². The van der Waals surface area contributed by atoms with Gasteiger partial charge >= 0.3 is 6.09 Å². The lowest BCUT2D eigenvalue weighted by atomic mass is 10.2. The summed E-state index contributed by atoms with van der Waals surface area (Å²) in [4.78, 5) is 12.7. The first-order valence-electron chi connectivity index (χ1n) is 6.62. The van der Waals surface area contributed by atoms with E-state index in [0.717, 1.165) is 6.42 Å². The molecule has 0 bridgehead atoms. The van der Waals surface area contributed by atoms with Gasteiger partial charge in [-0.1, -0.05) is 30.1 Å². The topological polar surface area (TPSA) is 70.0 Å². The molecule has 2 rings (SSSR count). The summed E-state index contributed by atoms with van der Waals surface area (Å²) in [7, 11) is 0. The first-order valence-corrected chi connectivity index (χ1v) is 7.38. The molecule has 21 heavy (non-hydrogen) atoms. The molecule has 1 saturated heterocycles. The van der Waals surface area contributed by atoms with Crippen molar-refractivity contribution in [2.24, 2.45) is 0 Å². The minimum atomic E-state index is -0.573. The third-order valence-corrected chi connectivity index (χ3v) is 3.58. The van der Waals surface area contributed by atoms with E-state index >= 15 is 0 Å². The molecule has 1 heterocycles. The van der Waals surface area contributed by atoms with Crippen LogP contribution in [0, 0.1) is 0 Å². The molecular formula is C14H19Cl2NO4. The fraction of sp³-hybridized carbons (Fsp3) is 0.500. The molecule has 0 saturated carbocycles. The van der Waals surface area contributed by atoms with E-state index in [9.17, 15) is 4.79 Å². The van der Waals surface area contributed by atoms with Crippen LogP contribution >= 0.6 is 23.2 Å². The van der Waals surface area contributed by atoms with Gasteiger partial charge in [-0.05, 0) is 31.5 Å². The molecule has 1 aliphatic rings. The predicted octanol–water partition coefficient (Wildman–Crippen LogP) is 3.30. The van der Waals surface area contributed by atoms with Crippen LogP contribution in [0.4, 0.5) is 4.79 Å². The summed E-state index contributed by atoms with van der Waals surface area (Å²) in [5.41, 5.74) is 0. The van der Waals surface area contributed by atoms with E-state index in [1.807, 2.05) is 6.92 Å². The maximum Gasteiger partial charge on any atom is 0.410 e. The monoisotopic (exact) mass is 335 g/mol. The van der Waals surface area contributed by atoms with Crippen LogP contribution in [-0.4, -0.2) is 46.5 Å². The second-order valence-electron chi connectivity index (χ2n) is 4.71. The summed E-state index contributed by atoms with van der Waals surface area (Å²) in [6.07, 6.45) is -0.302. The molecule has 1 aromatic rings. The normalized spacial score (nSPS) is 18.8. The molecule has 0 spiro atoms. The second kappa shape index (κ2) is 8.32. The summed E-state index contributed by atoms with van der Waals surface area (Å²) in [6, 6.07) is 4.41. The average molecular weight is 336 g/mol. The van der Waals surface area contributed by atoms with E-state index in [1.165, 1.54) is 12.1 Å². The standard InChI is InChI=1S/C8H15NO3.C6H4Cl2O/c1-3-4-9-5-7(6(2)10)12-8(9)11;7-5-2-1-4(9)3-6(5)8/h6-7,10H,3-5H2,1-2H3;1-3,9H. The van der Waals surface area contributed by atoms with Crippen LogP contribution in [0.5, 0.6) is 5.75 Å². The van der Waals surface area contributed by atoms with E-state index in [-0.39, 0.29) is 17.9 Å². The molecular weight excluding hydrogens is 317 g/mol. The van der Waals surface area contributed by atoms with Gasteiger partial charge in [0.2, 0.25) is 0 Å². The van der Waals surface area contributed by atoms with Gasteiger partial charge in [0.1, 0.15) is 11.9 Å². The Labute approximate surface area is 134 Å². The van der Waals surface area contributed by atoms with Crippen molar-refractivity contribution in [1.82, 2.24) is 4.90 Å². The third kappa shape index (κ3) is 5.61. The van der Waals surface area contributed by atoms with E-state index in [0.29, 0.717) is 23.1 Å². The summed E-state index contributed by atoms with van der Waals surface area (Å²) >= 11 is 11.1. The second-order valence-corrected chi connectivity index (χ2v) is 5.52. The highest BCUT2D eigenvalue weighted by Crippen LogP contribution is 2.25. The summed E-state index contributed by atoms with van der Waals surface area (Å²) in [5, 5.41) is 18.8. The number of carbonyl (C=O) groups is 1. The van der Waals surface area contributed by atoms with Gasteiger partial charge in [-0.3, -0.25) is 0 Å². The van der Waals surface area contributed by atoms with Gasteiger partial charge < -0.3 is 19.8 Å². The van der Waals surface area contributed by atoms with Crippen molar-refractivity contribution in [1.29, 1.82) is 0 Å². The third-order valence-electron chi connectivity index (χ3n) is 2.85. The Morgan fingerprint density at radius 3 is 2.52 bits per heavy atom. The SMILES string of the molecule is CCCN1CC(C(C)O)OC1=O.Oc1ccc(Cl)c(Cl)c1. The number of aromatic hydroxyl groups is 1. The van der Waals surface area contributed by atoms with Crippen molar-refractivity contribution in [3.05, 3.63) is 28.2 Å². The van der Waals surface area contributed by atoms with Crippen LogP contribution < -0.4 is 0 Å². The van der Waals surface area contributed by atoms with Crippen LogP contribution in [-0.2, 0) is 4.74 Å². The highest BCUT2D eigenvalue weighted by atomic mass is 35.5. The molecule has 1 fully saturated rings. The minimum Gasteiger partial charge on any atom is -0.508 e. The number of aliphatic hydroxyl groups excluding tert-OH is 1. The summed E-state index contributed by atoms with van der Waals surface area (Å²) in [5.74, 6) is 0.129. The van der Waals surface area contributed by atoms with E-state index in [2.05, 4.69) is 0 Å². The number of phenols is 1. The Hall–Kier alpha value is -1.17. The Bertz CT molecular complexity index is 482. The van der Waals surface area contributed by atoms with Gasteiger partial charge in [-0.25, -0.2) is 4.79 Å². The maximum absolute atomic E-state index is 11.1. The quantitative estimate of drug-likeness (QED) is 0.889. The van der Waals surface area contributed by atoms with Crippen molar-refractivity contribution in [2.75, 3.05) is 13.1 Å². The molecule has 0 aliphatic carbocycles. The summed E-state index contributed by atoms with van der Waals surface area (Å²) in [6.45, 7) is 4.86. The lowest BCUT2D eigenvalue weighted by molar-refractivity contribution is 0.0437. The average Bonchev–Trinajstić information content (AvgIpc) is 2.78. The first kappa shape index (κ1) is 17.9. The smallest absolute Gasteiger partial charge is 0.410 e. The summed E-state index contributed by atoms with van der Waals surface area (Å²) < 4.78 is 4.92. The Kier molecular flexibility index (Phi) is 7.08. The number of halogens is 2. The molecule has 7 heteroatoms. The maximum atomic E-state index is 11.1. The number of benzene rings is 1. The van der Waals surface area contributed by atoms with E-state index in [4.69, 9.17) is 38.2 Å². The molecule has 0 aromatic heterocycles. The highest BCUT2D eigenvalue weighted by molar-refractivity contribution is 6.42. The van der Waals surface area contributed by atoms with E-state index < -0.39 is 6.10 Å². The lowest BCUT2D eigenvalue weighted by Gasteiger charge is -2.11. The molecule has 118 valence electrons. The first-order chi connectivity index (χ1) is 9.85. The van der Waals surface area contributed by atoms with Crippen LogP contribution in [0.1, 0.15) is 20.3 Å². The van der Waals surface area contributed by atoms with Gasteiger partial charge in [0.25, 0.3) is 0 Å². The number of carbonyl (C=O) groups excluding carboxylic acids is 1. The van der Waals surface area contributed by atoms with Crippen molar-refractivity contribution < 1.29 is 19.7 Å². The number of cyclic esters (lactones) is 1. The molecule has 2 atom stereocenters. The number of phenolic OH excluding ortho intramolecular Hbond substituents is 1. The van der Waals surface area contributed by atoms with Gasteiger partial charge in [-0.2, -0.15) is 0 Å². The largest absolute Gasteiger partial charge is 0.508 e. The molecule has 1 aromatic carbocycles. The molecule has 1 amide bonds. The number of amides is 1. The van der Waals surface area contributed by atoms with Gasteiger partial charge in [0.15, 0.2) is 0 Å². The lowest BCUT2D eigenvalue weighted by Crippen LogP contribution is -2.29. The Morgan fingerprint density at radius 2 is 2.10 bits per heavy atom. The number of aliphatic hydroxyl groups is 1. The highest BCUT2D eigenvalue weighted by Gasteiger charge is 2.33. The number of ether oxygens (including phenoxy) is 1.